The van der Waals surface area contributed by atoms with Gasteiger partial charge >= 0.3 is 0 Å². The zero-order chi connectivity index (χ0) is 16.2. The van der Waals surface area contributed by atoms with Crippen LogP contribution in [-0.2, 0) is 4.79 Å². The van der Waals surface area contributed by atoms with Crippen LogP contribution in [0.4, 0.5) is 0 Å². The second-order valence-corrected chi connectivity index (χ2v) is 5.99. The van der Waals surface area contributed by atoms with Crippen LogP contribution in [0.25, 0.3) is 0 Å². The molecular weight excluding hydrogens is 300 g/mol. The summed E-state index contributed by atoms with van der Waals surface area (Å²) in [5.41, 5.74) is -0.319. The number of imide groups is 1. The van der Waals surface area contributed by atoms with E-state index in [1.54, 1.807) is 30.3 Å². The second kappa shape index (κ2) is 6.90. The number of carbonyl (C=O) groups excluding carboxylic acids is 2. The number of carbonyl (C=O) groups is 2. The molecule has 4 nitrogen and oxygen atoms in total. The fourth-order valence-corrected chi connectivity index (χ4v) is 3.01. The van der Waals surface area contributed by atoms with Crippen molar-refractivity contribution in [3.63, 3.8) is 0 Å². The number of amides is 2. The van der Waals surface area contributed by atoms with Crippen LogP contribution in [0.15, 0.2) is 54.6 Å². The Labute approximate surface area is 135 Å². The first-order chi connectivity index (χ1) is 10.5. The van der Waals surface area contributed by atoms with E-state index < -0.39 is 5.41 Å². The van der Waals surface area contributed by atoms with Gasteiger partial charge in [0.2, 0.25) is 5.91 Å². The normalized spacial score (nSPS) is 21.5. The van der Waals surface area contributed by atoms with E-state index in [2.05, 4.69) is 18.5 Å². The van der Waals surface area contributed by atoms with E-state index in [4.69, 9.17) is 11.6 Å². The van der Waals surface area contributed by atoms with Crippen molar-refractivity contribution in [3.8, 4) is 0 Å². The number of hydrogen-bond donors (Lipinski definition) is 1. The molecule has 5 heteroatoms. The van der Waals surface area contributed by atoms with Gasteiger partial charge < -0.3 is 0 Å². The number of rotatable bonds is 5. The Morgan fingerprint density at radius 1 is 1.41 bits per heavy atom. The third-order valence-electron chi connectivity index (χ3n) is 3.76. The molecule has 2 amide bonds. The maximum atomic E-state index is 12.9. The number of nitrogens with zero attached hydrogens (tertiary/aromatic N) is 1. The molecule has 2 rings (SSSR count). The average Bonchev–Trinajstić information content (AvgIpc) is 2.50. The van der Waals surface area contributed by atoms with E-state index in [9.17, 15) is 9.59 Å². The molecule has 1 fully saturated rings. The summed E-state index contributed by atoms with van der Waals surface area (Å²) in [5.74, 6) is -0.548. The Bertz CT molecular complexity index is 600. The summed E-state index contributed by atoms with van der Waals surface area (Å²) in [4.78, 5) is 26.7. The molecule has 0 spiro atoms. The van der Waals surface area contributed by atoms with E-state index in [1.807, 2.05) is 6.07 Å². The number of allylic oxidation sites excluding steroid dienone is 2. The molecule has 1 atom stereocenters. The van der Waals surface area contributed by atoms with Gasteiger partial charge in [0.1, 0.15) is 0 Å². The molecule has 22 heavy (non-hydrogen) atoms. The number of benzene rings is 1. The van der Waals surface area contributed by atoms with Crippen LogP contribution in [-0.4, -0.2) is 29.9 Å². The van der Waals surface area contributed by atoms with Gasteiger partial charge in [0.15, 0.2) is 0 Å². The minimum absolute atomic E-state index is 0.195. The smallest absolute Gasteiger partial charge is 0.261 e. The molecule has 0 radical (unpaired) electrons. The van der Waals surface area contributed by atoms with Crippen molar-refractivity contribution in [3.05, 3.63) is 60.2 Å². The summed E-state index contributed by atoms with van der Waals surface area (Å²) >= 11 is 5.93. The number of halogens is 1. The maximum absolute atomic E-state index is 12.9. The lowest BCUT2D eigenvalue weighted by Crippen LogP contribution is -2.59. The van der Waals surface area contributed by atoms with Gasteiger partial charge in [-0.25, -0.2) is 0 Å². The van der Waals surface area contributed by atoms with Crippen LogP contribution < -0.4 is 5.32 Å². The molecule has 0 saturated carbocycles. The first-order valence-electron chi connectivity index (χ1n) is 7.06. The van der Waals surface area contributed by atoms with Crippen molar-refractivity contribution < 1.29 is 9.59 Å². The van der Waals surface area contributed by atoms with Gasteiger partial charge in [-0.15, -0.1) is 6.58 Å². The predicted octanol–water partition coefficient (Wildman–Crippen LogP) is 2.92. The summed E-state index contributed by atoms with van der Waals surface area (Å²) in [6, 6.07) is 8.76. The van der Waals surface area contributed by atoms with E-state index >= 15 is 0 Å². The Morgan fingerprint density at radius 3 is 2.68 bits per heavy atom. The molecule has 0 unspecified atom stereocenters. The zero-order valence-electron chi connectivity index (χ0n) is 12.3. The van der Waals surface area contributed by atoms with E-state index in [1.165, 1.54) is 4.90 Å². The molecule has 0 aliphatic carbocycles. The molecule has 1 N–H and O–H groups in total. The van der Waals surface area contributed by atoms with E-state index in [-0.39, 0.29) is 18.5 Å². The van der Waals surface area contributed by atoms with Crippen LogP contribution in [0.1, 0.15) is 23.2 Å². The summed E-state index contributed by atoms with van der Waals surface area (Å²) < 4.78 is 0. The van der Waals surface area contributed by atoms with Crippen molar-refractivity contribution in [1.82, 2.24) is 10.2 Å². The number of hydrogen-bond acceptors (Lipinski definition) is 3. The molecule has 0 aromatic heterocycles. The Hall–Kier alpha value is -1.91. The second-order valence-electron chi connectivity index (χ2n) is 5.46. The molecular formula is C17H19ClN2O2. The van der Waals surface area contributed by atoms with E-state index in [0.29, 0.717) is 30.0 Å². The van der Waals surface area contributed by atoms with Gasteiger partial charge in [0, 0.05) is 17.1 Å². The maximum Gasteiger partial charge on any atom is 0.261 e. The Balaban J connectivity index is 2.30. The standard InChI is InChI=1S/C17H19ClN2O2/c1-3-9-17(10-13(2)18)11-19-12-20(16(17)22)15(21)14-7-5-4-6-8-14/h3-8,19H,1-2,9-12H2/t17-/m0/s1. The molecule has 1 heterocycles. The summed E-state index contributed by atoms with van der Waals surface area (Å²) in [5, 5.41) is 3.53. The third-order valence-corrected chi connectivity index (χ3v) is 3.90. The van der Waals surface area contributed by atoms with Gasteiger partial charge in [0.05, 0.1) is 12.1 Å². The lowest BCUT2D eigenvalue weighted by Gasteiger charge is -2.40. The van der Waals surface area contributed by atoms with Crippen molar-refractivity contribution in [1.29, 1.82) is 0 Å². The summed E-state index contributed by atoms with van der Waals surface area (Å²) in [6.07, 6.45) is 2.42. The highest BCUT2D eigenvalue weighted by atomic mass is 35.5. The van der Waals surface area contributed by atoms with Gasteiger partial charge in [-0.2, -0.15) is 0 Å². The highest BCUT2D eigenvalue weighted by Gasteiger charge is 2.45. The fraction of sp³-hybridized carbons (Fsp3) is 0.294. The molecule has 1 saturated heterocycles. The average molecular weight is 319 g/mol. The van der Waals surface area contributed by atoms with Crippen molar-refractivity contribution in [2.75, 3.05) is 13.2 Å². The SMILES string of the molecule is C=CC[C@]1(CC(=C)Cl)CNCN(C(=O)c2ccccc2)C1=O. The highest BCUT2D eigenvalue weighted by molar-refractivity contribution is 6.29. The molecule has 1 aliphatic rings. The quantitative estimate of drug-likeness (QED) is 0.671. The Morgan fingerprint density at radius 2 is 2.09 bits per heavy atom. The summed E-state index contributed by atoms with van der Waals surface area (Å²) in [7, 11) is 0. The fourth-order valence-electron chi connectivity index (χ4n) is 2.75. The largest absolute Gasteiger partial charge is 0.298 e. The molecule has 1 aromatic rings. The predicted molar refractivity (Wildman–Crippen MR) is 87.3 cm³/mol. The van der Waals surface area contributed by atoms with Crippen LogP contribution in [0.5, 0.6) is 0 Å². The Kier molecular flexibility index (Phi) is 5.16. The zero-order valence-corrected chi connectivity index (χ0v) is 13.1. The minimum Gasteiger partial charge on any atom is -0.298 e. The van der Waals surface area contributed by atoms with E-state index in [0.717, 1.165) is 0 Å². The monoisotopic (exact) mass is 318 g/mol. The number of nitrogens with one attached hydrogen (secondary N) is 1. The van der Waals surface area contributed by atoms with Crippen molar-refractivity contribution in [2.45, 2.75) is 12.8 Å². The molecule has 1 aliphatic heterocycles. The highest BCUT2D eigenvalue weighted by Crippen LogP contribution is 2.35. The van der Waals surface area contributed by atoms with Crippen LogP contribution in [0, 0.1) is 5.41 Å². The van der Waals surface area contributed by atoms with Gasteiger partial charge in [-0.05, 0) is 25.0 Å². The van der Waals surface area contributed by atoms with Gasteiger partial charge in [-0.1, -0.05) is 42.5 Å². The van der Waals surface area contributed by atoms with Crippen LogP contribution in [0.2, 0.25) is 0 Å². The third kappa shape index (κ3) is 3.29. The first-order valence-corrected chi connectivity index (χ1v) is 7.44. The topological polar surface area (TPSA) is 49.4 Å². The van der Waals surface area contributed by atoms with Crippen LogP contribution >= 0.6 is 11.6 Å². The lowest BCUT2D eigenvalue weighted by molar-refractivity contribution is -0.142. The molecule has 0 bridgehead atoms. The summed E-state index contributed by atoms with van der Waals surface area (Å²) in [6.45, 7) is 8.04. The van der Waals surface area contributed by atoms with Crippen molar-refractivity contribution >= 4 is 23.4 Å². The lowest BCUT2D eigenvalue weighted by atomic mass is 9.78. The minimum atomic E-state index is -0.802. The molecule has 1 aromatic carbocycles. The molecule has 116 valence electrons. The van der Waals surface area contributed by atoms with Crippen molar-refractivity contribution in [2.24, 2.45) is 5.41 Å². The van der Waals surface area contributed by atoms with Gasteiger partial charge in [0.25, 0.3) is 5.91 Å². The van der Waals surface area contributed by atoms with Crippen LogP contribution in [0.3, 0.4) is 0 Å². The van der Waals surface area contributed by atoms with Gasteiger partial charge in [-0.3, -0.25) is 19.8 Å². The first kappa shape index (κ1) is 16.5.